The Hall–Kier alpha value is -0.920. The SMILES string of the molecule is CC1CCCC(NS(=O)(=O)c2ccc(CC(=O)O)s2)C1C. The highest BCUT2D eigenvalue weighted by atomic mass is 32.2. The van der Waals surface area contributed by atoms with E-state index in [0.717, 1.165) is 30.6 Å². The molecule has 21 heavy (non-hydrogen) atoms. The highest BCUT2D eigenvalue weighted by Gasteiger charge is 2.31. The quantitative estimate of drug-likeness (QED) is 0.868. The number of hydrogen-bond acceptors (Lipinski definition) is 4. The summed E-state index contributed by atoms with van der Waals surface area (Å²) in [7, 11) is -3.56. The molecule has 0 radical (unpaired) electrons. The summed E-state index contributed by atoms with van der Waals surface area (Å²) in [6.45, 7) is 4.24. The number of carboxylic acid groups (broad SMARTS) is 1. The molecule has 1 fully saturated rings. The van der Waals surface area contributed by atoms with E-state index in [2.05, 4.69) is 18.6 Å². The van der Waals surface area contributed by atoms with E-state index in [1.165, 1.54) is 6.07 Å². The van der Waals surface area contributed by atoms with Crippen LogP contribution in [0.3, 0.4) is 0 Å². The fourth-order valence-corrected chi connectivity index (χ4v) is 5.48. The van der Waals surface area contributed by atoms with E-state index in [-0.39, 0.29) is 16.7 Å². The Labute approximate surface area is 129 Å². The summed E-state index contributed by atoms with van der Waals surface area (Å²) in [5.74, 6) is -0.132. The van der Waals surface area contributed by atoms with Crippen molar-refractivity contribution >= 4 is 27.3 Å². The van der Waals surface area contributed by atoms with Crippen molar-refractivity contribution in [2.45, 2.75) is 49.8 Å². The number of sulfonamides is 1. The van der Waals surface area contributed by atoms with Gasteiger partial charge in [0.05, 0.1) is 6.42 Å². The molecule has 0 bridgehead atoms. The van der Waals surface area contributed by atoms with Crippen LogP contribution in [0.4, 0.5) is 0 Å². The molecule has 0 aromatic carbocycles. The van der Waals surface area contributed by atoms with Crippen LogP contribution >= 0.6 is 11.3 Å². The van der Waals surface area contributed by atoms with Crippen molar-refractivity contribution < 1.29 is 18.3 Å². The third-order valence-electron chi connectivity index (χ3n) is 4.24. The molecule has 3 unspecified atom stereocenters. The number of rotatable bonds is 5. The first-order chi connectivity index (χ1) is 9.79. The zero-order valence-electron chi connectivity index (χ0n) is 12.2. The summed E-state index contributed by atoms with van der Waals surface area (Å²) in [6.07, 6.45) is 2.89. The normalized spacial score (nSPS) is 26.7. The molecule has 5 nitrogen and oxygen atoms in total. The third-order valence-corrected chi connectivity index (χ3v) is 7.31. The summed E-state index contributed by atoms with van der Waals surface area (Å²) in [4.78, 5) is 11.2. The lowest BCUT2D eigenvalue weighted by atomic mass is 9.78. The van der Waals surface area contributed by atoms with Gasteiger partial charge in [0.15, 0.2) is 0 Å². The average Bonchev–Trinajstić information content (AvgIpc) is 2.83. The molecule has 2 rings (SSSR count). The van der Waals surface area contributed by atoms with E-state index >= 15 is 0 Å². The number of aliphatic carboxylic acids is 1. The fraction of sp³-hybridized carbons (Fsp3) is 0.643. The van der Waals surface area contributed by atoms with Gasteiger partial charge in [-0.15, -0.1) is 11.3 Å². The van der Waals surface area contributed by atoms with Gasteiger partial charge in [0.1, 0.15) is 4.21 Å². The van der Waals surface area contributed by atoms with Crippen molar-refractivity contribution in [3.63, 3.8) is 0 Å². The largest absolute Gasteiger partial charge is 0.481 e. The van der Waals surface area contributed by atoms with Gasteiger partial charge >= 0.3 is 5.97 Å². The summed E-state index contributed by atoms with van der Waals surface area (Å²) in [6, 6.07) is 3.02. The fourth-order valence-electron chi connectivity index (χ4n) is 2.75. The van der Waals surface area contributed by atoms with E-state index in [9.17, 15) is 13.2 Å². The van der Waals surface area contributed by atoms with Crippen LogP contribution in [0.5, 0.6) is 0 Å². The molecule has 7 heteroatoms. The summed E-state index contributed by atoms with van der Waals surface area (Å²) < 4.78 is 27.8. The maximum atomic E-state index is 12.4. The number of hydrogen-bond donors (Lipinski definition) is 2. The first-order valence-electron chi connectivity index (χ1n) is 7.12. The number of thiophene rings is 1. The second kappa shape index (κ2) is 6.46. The Balaban J connectivity index is 2.11. The van der Waals surface area contributed by atoms with Gasteiger partial charge in [0.2, 0.25) is 10.0 Å². The first kappa shape index (κ1) is 16.5. The van der Waals surface area contributed by atoms with E-state index in [4.69, 9.17) is 5.11 Å². The average molecular weight is 331 g/mol. The second-order valence-electron chi connectivity index (χ2n) is 5.79. The summed E-state index contributed by atoms with van der Waals surface area (Å²) in [5, 5.41) is 8.75. The molecule has 2 N–H and O–H groups in total. The van der Waals surface area contributed by atoms with Gasteiger partial charge in [-0.05, 0) is 30.4 Å². The van der Waals surface area contributed by atoms with Gasteiger partial charge in [-0.25, -0.2) is 13.1 Å². The molecule has 1 heterocycles. The van der Waals surface area contributed by atoms with Crippen LogP contribution in [-0.4, -0.2) is 25.5 Å². The molecular weight excluding hydrogens is 310 g/mol. The van der Waals surface area contributed by atoms with Gasteiger partial charge in [0.25, 0.3) is 0 Å². The van der Waals surface area contributed by atoms with Gasteiger partial charge in [-0.2, -0.15) is 0 Å². The topological polar surface area (TPSA) is 83.5 Å². The minimum absolute atomic E-state index is 0.0382. The maximum absolute atomic E-state index is 12.4. The highest BCUT2D eigenvalue weighted by molar-refractivity contribution is 7.91. The molecule has 1 aromatic rings. The van der Waals surface area contributed by atoms with Crippen LogP contribution in [0.2, 0.25) is 0 Å². The molecular formula is C14H21NO4S2. The van der Waals surface area contributed by atoms with Crippen LogP contribution in [0, 0.1) is 11.8 Å². The molecule has 1 saturated carbocycles. The van der Waals surface area contributed by atoms with Crippen molar-refractivity contribution in [1.82, 2.24) is 4.72 Å². The number of carboxylic acids is 1. The van der Waals surface area contributed by atoms with Crippen molar-refractivity contribution in [1.29, 1.82) is 0 Å². The smallest absolute Gasteiger partial charge is 0.308 e. The second-order valence-corrected chi connectivity index (χ2v) is 8.90. The Morgan fingerprint density at radius 1 is 1.38 bits per heavy atom. The molecule has 0 spiro atoms. The number of carbonyl (C=O) groups is 1. The van der Waals surface area contributed by atoms with Crippen molar-refractivity contribution in [3.05, 3.63) is 17.0 Å². The number of nitrogens with one attached hydrogen (secondary N) is 1. The Kier molecular flexibility index (Phi) is 5.06. The predicted octanol–water partition coefficient (Wildman–Crippen LogP) is 2.48. The van der Waals surface area contributed by atoms with E-state index in [0.29, 0.717) is 16.7 Å². The Morgan fingerprint density at radius 2 is 2.10 bits per heavy atom. The molecule has 1 aliphatic carbocycles. The predicted molar refractivity (Wildman–Crippen MR) is 81.9 cm³/mol. The lowest BCUT2D eigenvalue weighted by Gasteiger charge is -2.34. The first-order valence-corrected chi connectivity index (χ1v) is 9.42. The van der Waals surface area contributed by atoms with Crippen molar-refractivity contribution in [2.24, 2.45) is 11.8 Å². The van der Waals surface area contributed by atoms with Gasteiger partial charge < -0.3 is 5.11 Å². The van der Waals surface area contributed by atoms with E-state index in [1.54, 1.807) is 6.07 Å². The summed E-state index contributed by atoms with van der Waals surface area (Å²) in [5.41, 5.74) is 0. The molecule has 3 atom stereocenters. The zero-order valence-corrected chi connectivity index (χ0v) is 13.8. The maximum Gasteiger partial charge on any atom is 0.308 e. The molecule has 118 valence electrons. The van der Waals surface area contributed by atoms with Gasteiger partial charge in [0, 0.05) is 10.9 Å². The molecule has 0 saturated heterocycles. The van der Waals surface area contributed by atoms with Gasteiger partial charge in [-0.1, -0.05) is 26.7 Å². The van der Waals surface area contributed by atoms with Gasteiger partial charge in [-0.3, -0.25) is 4.79 Å². The highest BCUT2D eigenvalue weighted by Crippen LogP contribution is 2.31. The monoisotopic (exact) mass is 331 g/mol. The molecule has 0 amide bonds. The Morgan fingerprint density at radius 3 is 2.76 bits per heavy atom. The lowest BCUT2D eigenvalue weighted by Crippen LogP contribution is -2.43. The van der Waals surface area contributed by atoms with Crippen LogP contribution in [0.15, 0.2) is 16.3 Å². The van der Waals surface area contributed by atoms with E-state index in [1.807, 2.05) is 0 Å². The van der Waals surface area contributed by atoms with Crippen molar-refractivity contribution in [2.75, 3.05) is 0 Å². The zero-order chi connectivity index (χ0) is 15.6. The van der Waals surface area contributed by atoms with E-state index < -0.39 is 16.0 Å². The minimum Gasteiger partial charge on any atom is -0.481 e. The minimum atomic E-state index is -3.56. The Bertz CT molecular complexity index is 608. The van der Waals surface area contributed by atoms with Crippen molar-refractivity contribution in [3.8, 4) is 0 Å². The third kappa shape index (κ3) is 4.05. The summed E-state index contributed by atoms with van der Waals surface area (Å²) >= 11 is 1.03. The lowest BCUT2D eigenvalue weighted by molar-refractivity contribution is -0.136. The molecule has 1 aromatic heterocycles. The van der Waals surface area contributed by atoms with Crippen LogP contribution < -0.4 is 4.72 Å². The van der Waals surface area contributed by atoms with Crippen LogP contribution in [0.1, 0.15) is 38.0 Å². The standard InChI is InChI=1S/C14H21NO4S2/c1-9-4-3-5-12(10(9)2)15-21(18,19)14-7-6-11(20-14)8-13(16)17/h6-7,9-10,12,15H,3-5,8H2,1-2H3,(H,16,17). The molecule has 1 aliphatic rings. The van der Waals surface area contributed by atoms with Crippen LogP contribution in [0.25, 0.3) is 0 Å². The molecule has 0 aliphatic heterocycles. The van der Waals surface area contributed by atoms with Crippen LogP contribution in [-0.2, 0) is 21.2 Å².